The second-order valence-electron chi connectivity index (χ2n) is 6.20. The SMILES string of the molecule is CS(=O)(=O)NC(=O)c1nc(N(Cc2cccc(F)c2)c2ccc(C#N)cc2)sc1Cl. The number of sulfonamides is 1. The summed E-state index contributed by atoms with van der Waals surface area (Å²) in [5.74, 6) is -1.35. The Morgan fingerprint density at radius 3 is 2.60 bits per heavy atom. The first-order chi connectivity index (χ1) is 14.2. The zero-order valence-electron chi connectivity index (χ0n) is 15.5. The predicted molar refractivity (Wildman–Crippen MR) is 113 cm³/mol. The van der Waals surface area contributed by atoms with Gasteiger partial charge in [0.15, 0.2) is 10.8 Å². The zero-order valence-corrected chi connectivity index (χ0v) is 17.9. The number of anilines is 2. The van der Waals surface area contributed by atoms with Crippen molar-refractivity contribution in [2.45, 2.75) is 6.54 Å². The van der Waals surface area contributed by atoms with Gasteiger partial charge in [0.2, 0.25) is 10.0 Å². The van der Waals surface area contributed by atoms with E-state index in [1.807, 2.05) is 10.8 Å². The van der Waals surface area contributed by atoms with Crippen LogP contribution in [0.25, 0.3) is 0 Å². The third-order valence-electron chi connectivity index (χ3n) is 3.84. The average molecular weight is 465 g/mol. The molecule has 11 heteroatoms. The summed E-state index contributed by atoms with van der Waals surface area (Å²) in [6, 6.07) is 14.6. The van der Waals surface area contributed by atoms with Crippen molar-refractivity contribution >= 4 is 49.7 Å². The standard InChI is InChI=1S/C19H14ClFN4O3S2/c1-30(27,28)24-18(26)16-17(20)29-19(23-16)25(11-13-3-2-4-14(21)9-13)15-7-5-12(10-22)6-8-15/h2-9H,11H2,1H3,(H,24,26). The second-order valence-corrected chi connectivity index (χ2v) is 9.52. The first kappa shape index (κ1) is 21.7. The van der Waals surface area contributed by atoms with E-state index in [-0.39, 0.29) is 16.6 Å². The minimum Gasteiger partial charge on any atom is -0.313 e. The summed E-state index contributed by atoms with van der Waals surface area (Å²) in [6.07, 6.45) is 0.846. The maximum Gasteiger partial charge on any atom is 0.285 e. The lowest BCUT2D eigenvalue weighted by molar-refractivity contribution is 0.0977. The number of nitrogens with zero attached hydrogens (tertiary/aromatic N) is 3. The summed E-state index contributed by atoms with van der Waals surface area (Å²) in [4.78, 5) is 18.1. The first-order valence-electron chi connectivity index (χ1n) is 8.37. The number of aromatic nitrogens is 1. The molecule has 0 saturated carbocycles. The first-order valence-corrected chi connectivity index (χ1v) is 11.5. The maximum absolute atomic E-state index is 13.7. The van der Waals surface area contributed by atoms with Crippen molar-refractivity contribution in [2.24, 2.45) is 0 Å². The summed E-state index contributed by atoms with van der Waals surface area (Å²) in [6.45, 7) is 0.195. The Bertz CT molecular complexity index is 1240. The van der Waals surface area contributed by atoms with E-state index < -0.39 is 21.7 Å². The van der Waals surface area contributed by atoms with Crippen LogP contribution in [0.3, 0.4) is 0 Å². The van der Waals surface area contributed by atoms with Gasteiger partial charge in [0.05, 0.1) is 24.4 Å². The molecule has 0 aliphatic carbocycles. The molecule has 0 fully saturated rings. The lowest BCUT2D eigenvalue weighted by Gasteiger charge is -2.22. The summed E-state index contributed by atoms with van der Waals surface area (Å²) in [5, 5.41) is 9.32. The van der Waals surface area contributed by atoms with Crippen LogP contribution in [0.5, 0.6) is 0 Å². The monoisotopic (exact) mass is 464 g/mol. The van der Waals surface area contributed by atoms with Gasteiger partial charge in [0.25, 0.3) is 5.91 Å². The van der Waals surface area contributed by atoms with Crippen LogP contribution in [-0.4, -0.2) is 25.6 Å². The molecule has 0 bridgehead atoms. The normalized spacial score (nSPS) is 11.0. The van der Waals surface area contributed by atoms with Crippen LogP contribution in [0.2, 0.25) is 4.34 Å². The predicted octanol–water partition coefficient (Wildman–Crippen LogP) is 3.83. The molecule has 0 spiro atoms. The van der Waals surface area contributed by atoms with E-state index >= 15 is 0 Å². The number of thiazole rings is 1. The maximum atomic E-state index is 13.7. The summed E-state index contributed by atoms with van der Waals surface area (Å²) in [7, 11) is -3.79. The fourth-order valence-corrected chi connectivity index (χ4v) is 4.15. The van der Waals surface area contributed by atoms with E-state index in [9.17, 15) is 17.6 Å². The third-order valence-corrected chi connectivity index (χ3v) is 5.67. The molecule has 1 N–H and O–H groups in total. The van der Waals surface area contributed by atoms with E-state index in [4.69, 9.17) is 16.9 Å². The van der Waals surface area contributed by atoms with Gasteiger partial charge in [0.1, 0.15) is 10.2 Å². The van der Waals surface area contributed by atoms with Crippen molar-refractivity contribution in [3.8, 4) is 6.07 Å². The molecule has 7 nitrogen and oxygen atoms in total. The van der Waals surface area contributed by atoms with Crippen LogP contribution in [0, 0.1) is 17.1 Å². The summed E-state index contributed by atoms with van der Waals surface area (Å²) < 4.78 is 38.2. The van der Waals surface area contributed by atoms with Crippen LogP contribution in [0.15, 0.2) is 48.5 Å². The number of halogens is 2. The van der Waals surface area contributed by atoms with Gasteiger partial charge in [-0.15, -0.1) is 0 Å². The molecule has 154 valence electrons. The van der Waals surface area contributed by atoms with Crippen LogP contribution in [-0.2, 0) is 16.6 Å². The quantitative estimate of drug-likeness (QED) is 0.594. The smallest absolute Gasteiger partial charge is 0.285 e. The highest BCUT2D eigenvalue weighted by molar-refractivity contribution is 7.89. The van der Waals surface area contributed by atoms with Gasteiger partial charge in [-0.2, -0.15) is 5.26 Å². The molecular formula is C19H14ClFN4O3S2. The molecule has 0 aliphatic rings. The minimum absolute atomic E-state index is 0.00374. The highest BCUT2D eigenvalue weighted by atomic mass is 35.5. The van der Waals surface area contributed by atoms with Gasteiger partial charge in [-0.25, -0.2) is 22.5 Å². The molecule has 3 aromatic rings. The Labute approximate surface area is 181 Å². The van der Waals surface area contributed by atoms with E-state index in [0.29, 0.717) is 21.9 Å². The van der Waals surface area contributed by atoms with Crippen molar-refractivity contribution in [3.05, 3.63) is 75.5 Å². The molecule has 3 rings (SSSR count). The molecule has 0 aliphatic heterocycles. The molecule has 30 heavy (non-hydrogen) atoms. The largest absolute Gasteiger partial charge is 0.313 e. The molecular weight excluding hydrogens is 451 g/mol. The topological polar surface area (TPSA) is 103 Å². The molecule has 1 aromatic heterocycles. The molecule has 2 aromatic carbocycles. The fourth-order valence-electron chi connectivity index (χ4n) is 2.57. The number of benzene rings is 2. The Morgan fingerprint density at radius 1 is 1.30 bits per heavy atom. The van der Waals surface area contributed by atoms with E-state index in [1.165, 1.54) is 12.1 Å². The lowest BCUT2D eigenvalue weighted by Crippen LogP contribution is -2.29. The van der Waals surface area contributed by atoms with Gasteiger partial charge in [-0.3, -0.25) is 4.79 Å². The lowest BCUT2D eigenvalue weighted by atomic mass is 10.1. The van der Waals surface area contributed by atoms with Gasteiger partial charge in [-0.05, 0) is 42.0 Å². The van der Waals surface area contributed by atoms with Crippen LogP contribution in [0.1, 0.15) is 21.6 Å². The van der Waals surface area contributed by atoms with E-state index in [0.717, 1.165) is 17.6 Å². The van der Waals surface area contributed by atoms with Crippen LogP contribution < -0.4 is 9.62 Å². The van der Waals surface area contributed by atoms with E-state index in [2.05, 4.69) is 4.98 Å². The number of nitriles is 1. The van der Waals surface area contributed by atoms with Gasteiger partial charge in [0, 0.05) is 5.69 Å². The van der Waals surface area contributed by atoms with Gasteiger partial charge >= 0.3 is 0 Å². The van der Waals surface area contributed by atoms with Crippen LogP contribution >= 0.6 is 22.9 Å². The number of hydrogen-bond donors (Lipinski definition) is 1. The van der Waals surface area contributed by atoms with Crippen molar-refractivity contribution in [3.63, 3.8) is 0 Å². The molecule has 0 atom stereocenters. The zero-order chi connectivity index (χ0) is 21.9. The summed E-state index contributed by atoms with van der Waals surface area (Å²) in [5.41, 5.74) is 1.47. The molecule has 1 amide bonds. The van der Waals surface area contributed by atoms with Gasteiger partial charge in [-0.1, -0.05) is 35.1 Å². The van der Waals surface area contributed by atoms with Crippen molar-refractivity contribution < 1.29 is 17.6 Å². The number of carbonyl (C=O) groups excluding carboxylic acids is 1. The minimum atomic E-state index is -3.79. The average Bonchev–Trinajstić information content (AvgIpc) is 3.06. The van der Waals surface area contributed by atoms with Gasteiger partial charge < -0.3 is 4.90 Å². The van der Waals surface area contributed by atoms with Crippen molar-refractivity contribution in [1.82, 2.24) is 9.71 Å². The Hall–Kier alpha value is -3.00. The molecule has 0 radical (unpaired) electrons. The number of rotatable bonds is 6. The Morgan fingerprint density at radius 2 is 2.00 bits per heavy atom. The van der Waals surface area contributed by atoms with E-state index in [1.54, 1.807) is 41.3 Å². The molecule has 1 heterocycles. The van der Waals surface area contributed by atoms with Crippen LogP contribution in [0.4, 0.5) is 15.2 Å². The highest BCUT2D eigenvalue weighted by Gasteiger charge is 2.23. The van der Waals surface area contributed by atoms with Crippen molar-refractivity contribution in [1.29, 1.82) is 5.26 Å². The number of carbonyl (C=O) groups is 1. The molecule has 0 unspecified atom stereocenters. The van der Waals surface area contributed by atoms with Crippen molar-refractivity contribution in [2.75, 3.05) is 11.2 Å². The highest BCUT2D eigenvalue weighted by Crippen LogP contribution is 2.36. The Balaban J connectivity index is 2.02. The number of hydrogen-bond acceptors (Lipinski definition) is 7. The second kappa shape index (κ2) is 8.79. The molecule has 0 saturated heterocycles. The fraction of sp³-hybridized carbons (Fsp3) is 0.105. The Kier molecular flexibility index (Phi) is 6.36. The third kappa shape index (κ3) is 5.33. The summed E-state index contributed by atoms with van der Waals surface area (Å²) >= 11 is 7.12. The number of nitrogens with one attached hydrogen (secondary N) is 1. The number of amides is 1.